The van der Waals surface area contributed by atoms with Gasteiger partial charge in [0.2, 0.25) is 0 Å². The number of nitrogens with two attached hydrogens (primary N) is 1. The lowest BCUT2D eigenvalue weighted by molar-refractivity contribution is 0.905. The number of hydrogen-bond acceptors (Lipinski definition) is 6. The summed E-state index contributed by atoms with van der Waals surface area (Å²) in [4.78, 5) is 13.5. The number of nitrogens with zero attached hydrogens (tertiary/aromatic N) is 5. The highest BCUT2D eigenvalue weighted by Gasteiger charge is 2.16. The highest BCUT2D eigenvalue weighted by molar-refractivity contribution is 5.89. The average Bonchev–Trinajstić information content (AvgIpc) is 3.25. The molecule has 0 saturated carbocycles. The molecule has 0 spiro atoms. The van der Waals surface area contributed by atoms with Crippen molar-refractivity contribution in [2.75, 3.05) is 11.1 Å². The van der Waals surface area contributed by atoms with Crippen molar-refractivity contribution in [1.82, 2.24) is 24.6 Å². The van der Waals surface area contributed by atoms with Gasteiger partial charge in [0.25, 0.3) is 0 Å². The number of benzene rings is 1. The first-order valence-corrected chi connectivity index (χ1v) is 10.00. The van der Waals surface area contributed by atoms with Crippen molar-refractivity contribution < 1.29 is 0 Å². The van der Waals surface area contributed by atoms with Crippen molar-refractivity contribution in [3.63, 3.8) is 0 Å². The Bertz CT molecular complexity index is 1350. The molecule has 0 atom stereocenters. The quantitative estimate of drug-likeness (QED) is 0.450. The molecular weight excluding hydrogens is 386 g/mol. The summed E-state index contributed by atoms with van der Waals surface area (Å²) in [5, 5.41) is 8.20. The molecule has 3 N–H and O–H groups in total. The summed E-state index contributed by atoms with van der Waals surface area (Å²) in [6.45, 7) is 2.47. The number of fused-ring (bicyclic) bond motifs is 1. The van der Waals surface area contributed by atoms with Gasteiger partial charge in [-0.1, -0.05) is 36.4 Å². The van der Waals surface area contributed by atoms with E-state index in [0.717, 1.165) is 39.3 Å². The van der Waals surface area contributed by atoms with E-state index in [1.165, 1.54) is 0 Å². The van der Waals surface area contributed by atoms with Gasteiger partial charge < -0.3 is 11.1 Å². The monoisotopic (exact) mass is 407 g/mol. The summed E-state index contributed by atoms with van der Waals surface area (Å²) < 4.78 is 1.86. The second kappa shape index (κ2) is 7.87. The van der Waals surface area contributed by atoms with Crippen molar-refractivity contribution in [2.24, 2.45) is 0 Å². The first kappa shape index (κ1) is 18.7. The van der Waals surface area contributed by atoms with Crippen LogP contribution in [0.1, 0.15) is 11.3 Å². The average molecular weight is 407 g/mol. The number of rotatable bonds is 5. The fourth-order valence-electron chi connectivity index (χ4n) is 3.51. The molecule has 0 radical (unpaired) electrons. The van der Waals surface area contributed by atoms with Crippen molar-refractivity contribution in [1.29, 1.82) is 0 Å². The summed E-state index contributed by atoms with van der Waals surface area (Å²) in [6.07, 6.45) is 5.44. The zero-order valence-electron chi connectivity index (χ0n) is 17.0. The summed E-state index contributed by atoms with van der Waals surface area (Å²) in [5.74, 6) is 1.81. The van der Waals surface area contributed by atoms with Gasteiger partial charge in [0, 0.05) is 29.7 Å². The van der Waals surface area contributed by atoms with Gasteiger partial charge in [-0.25, -0.2) is 14.5 Å². The molecule has 5 rings (SSSR count). The third kappa shape index (κ3) is 3.69. The van der Waals surface area contributed by atoms with E-state index in [9.17, 15) is 0 Å². The Hall–Kier alpha value is -4.26. The Kier molecular flexibility index (Phi) is 4.76. The van der Waals surface area contributed by atoms with Gasteiger partial charge in [-0.2, -0.15) is 0 Å². The molecule has 0 aliphatic heterocycles. The molecule has 1 aromatic carbocycles. The lowest BCUT2D eigenvalue weighted by Gasteiger charge is -2.12. The smallest absolute Gasteiger partial charge is 0.183 e. The van der Waals surface area contributed by atoms with Crippen molar-refractivity contribution in [3.8, 4) is 22.5 Å². The minimum absolute atomic E-state index is 0.505. The second-order valence-electron chi connectivity index (χ2n) is 7.27. The Labute approximate surface area is 179 Å². The van der Waals surface area contributed by atoms with Gasteiger partial charge in [-0.15, -0.1) is 5.10 Å². The molecule has 31 heavy (non-hydrogen) atoms. The maximum atomic E-state index is 5.89. The molecule has 0 aliphatic rings. The number of aromatic nitrogens is 5. The van der Waals surface area contributed by atoms with Crippen LogP contribution in [0.2, 0.25) is 0 Å². The van der Waals surface area contributed by atoms with E-state index in [0.29, 0.717) is 18.2 Å². The Balaban J connectivity index is 1.65. The zero-order valence-corrected chi connectivity index (χ0v) is 17.0. The van der Waals surface area contributed by atoms with Gasteiger partial charge in [0.1, 0.15) is 11.3 Å². The molecule has 152 valence electrons. The predicted octanol–water partition coefficient (Wildman–Crippen LogP) is 4.36. The molecule has 4 heterocycles. The molecule has 7 nitrogen and oxygen atoms in total. The molecule has 0 saturated heterocycles. The Morgan fingerprint density at radius 2 is 1.81 bits per heavy atom. The van der Waals surface area contributed by atoms with Crippen molar-refractivity contribution in [3.05, 3.63) is 90.5 Å². The number of pyridine rings is 2. The zero-order chi connectivity index (χ0) is 21.2. The van der Waals surface area contributed by atoms with Gasteiger partial charge in [-0.3, -0.25) is 4.98 Å². The Morgan fingerprint density at radius 3 is 2.58 bits per heavy atom. The van der Waals surface area contributed by atoms with Crippen LogP contribution in [0.4, 0.5) is 11.6 Å². The molecule has 7 heteroatoms. The molecule has 4 aromatic heterocycles. The van der Waals surface area contributed by atoms with Gasteiger partial charge >= 0.3 is 0 Å². The second-order valence-corrected chi connectivity index (χ2v) is 7.27. The Morgan fingerprint density at radius 1 is 0.968 bits per heavy atom. The third-order valence-corrected chi connectivity index (χ3v) is 5.14. The van der Waals surface area contributed by atoms with E-state index in [1.54, 1.807) is 12.4 Å². The standard InChI is InChI=1S/C24H21N7/c1-16-13-18(14-27-22(16)25)23-29-24(28-15-19-9-5-6-11-26-19)21-20(10-12-31(21)30-23)17-7-3-2-4-8-17/h2-14H,15H2,1H3,(H2,25,27)(H,28,29,30). The summed E-state index contributed by atoms with van der Waals surface area (Å²) >= 11 is 0. The predicted molar refractivity (Wildman–Crippen MR) is 122 cm³/mol. The highest BCUT2D eigenvalue weighted by Crippen LogP contribution is 2.31. The number of nitrogens with one attached hydrogen (secondary N) is 1. The van der Waals surface area contributed by atoms with Crippen LogP contribution in [0.3, 0.4) is 0 Å². The molecule has 5 aromatic rings. The van der Waals surface area contributed by atoms with Crippen LogP contribution in [0.15, 0.2) is 79.3 Å². The van der Waals surface area contributed by atoms with E-state index in [2.05, 4.69) is 33.5 Å². The molecule has 0 aliphatic carbocycles. The van der Waals surface area contributed by atoms with E-state index < -0.39 is 0 Å². The van der Waals surface area contributed by atoms with Gasteiger partial charge in [0.05, 0.1) is 12.2 Å². The van der Waals surface area contributed by atoms with Crippen molar-refractivity contribution in [2.45, 2.75) is 13.5 Å². The minimum atomic E-state index is 0.505. The molecular formula is C24H21N7. The largest absolute Gasteiger partial charge is 0.383 e. The van der Waals surface area contributed by atoms with Crippen LogP contribution in [-0.4, -0.2) is 24.6 Å². The van der Waals surface area contributed by atoms with E-state index in [1.807, 2.05) is 60.1 Å². The van der Waals surface area contributed by atoms with Crippen LogP contribution in [-0.2, 0) is 6.54 Å². The summed E-state index contributed by atoms with van der Waals surface area (Å²) in [7, 11) is 0. The van der Waals surface area contributed by atoms with Gasteiger partial charge in [-0.05, 0) is 42.3 Å². The van der Waals surface area contributed by atoms with Crippen LogP contribution in [0, 0.1) is 6.92 Å². The van der Waals surface area contributed by atoms with E-state index in [4.69, 9.17) is 15.8 Å². The molecule has 0 bridgehead atoms. The number of hydrogen-bond donors (Lipinski definition) is 2. The number of aryl methyl sites for hydroxylation is 1. The van der Waals surface area contributed by atoms with Crippen molar-refractivity contribution >= 4 is 17.2 Å². The first-order valence-electron chi connectivity index (χ1n) is 10.00. The van der Waals surface area contributed by atoms with E-state index >= 15 is 0 Å². The summed E-state index contributed by atoms with van der Waals surface area (Å²) in [6, 6.07) is 20.1. The maximum absolute atomic E-state index is 5.89. The lowest BCUT2D eigenvalue weighted by atomic mass is 10.1. The molecule has 0 fully saturated rings. The fourth-order valence-corrected chi connectivity index (χ4v) is 3.51. The van der Waals surface area contributed by atoms with Crippen LogP contribution >= 0.6 is 0 Å². The third-order valence-electron chi connectivity index (χ3n) is 5.14. The first-order chi connectivity index (χ1) is 15.2. The summed E-state index contributed by atoms with van der Waals surface area (Å²) in [5.41, 5.74) is 11.6. The topological polar surface area (TPSA) is 94.0 Å². The van der Waals surface area contributed by atoms with Crippen LogP contribution in [0.25, 0.3) is 28.0 Å². The molecule has 0 amide bonds. The maximum Gasteiger partial charge on any atom is 0.183 e. The van der Waals surface area contributed by atoms with Crippen LogP contribution in [0.5, 0.6) is 0 Å². The normalized spacial score (nSPS) is 11.0. The number of nitrogen functional groups attached to an aromatic ring is 1. The van der Waals surface area contributed by atoms with Crippen LogP contribution < -0.4 is 11.1 Å². The lowest BCUT2D eigenvalue weighted by Crippen LogP contribution is -2.08. The molecule has 0 unspecified atom stereocenters. The van der Waals surface area contributed by atoms with Gasteiger partial charge in [0.15, 0.2) is 11.6 Å². The highest BCUT2D eigenvalue weighted by atomic mass is 15.3. The SMILES string of the molecule is Cc1cc(-c2nc(NCc3ccccn3)c3c(-c4ccccc4)ccn3n2)cnc1N. The van der Waals surface area contributed by atoms with E-state index in [-0.39, 0.29) is 0 Å². The fraction of sp³-hybridized carbons (Fsp3) is 0.0833. The minimum Gasteiger partial charge on any atom is -0.383 e. The number of anilines is 2.